The summed E-state index contributed by atoms with van der Waals surface area (Å²) in [6.07, 6.45) is 0. The van der Waals surface area contributed by atoms with Gasteiger partial charge < -0.3 is 14.6 Å². The van der Waals surface area contributed by atoms with Gasteiger partial charge in [0.1, 0.15) is 17.4 Å². The van der Waals surface area contributed by atoms with E-state index in [0.717, 1.165) is 27.8 Å². The third-order valence-corrected chi connectivity index (χ3v) is 4.77. The molecule has 1 aliphatic rings. The summed E-state index contributed by atoms with van der Waals surface area (Å²) in [5.74, 6) is 1.09. The number of nitrogens with zero attached hydrogens (tertiary/aromatic N) is 3. The topological polar surface area (TPSA) is 65.1 Å². The summed E-state index contributed by atoms with van der Waals surface area (Å²) in [6, 6.07) is 14.0. The third-order valence-electron chi connectivity index (χ3n) is 4.77. The molecule has 2 N–H and O–H groups in total. The number of rotatable bonds is 2. The number of imidazole rings is 1. The van der Waals surface area contributed by atoms with E-state index in [2.05, 4.69) is 17.1 Å². The molecule has 3 aromatic rings. The molecule has 0 atom stereocenters. The molecule has 0 saturated heterocycles. The van der Waals surface area contributed by atoms with Crippen LogP contribution in [0.3, 0.4) is 0 Å². The summed E-state index contributed by atoms with van der Waals surface area (Å²) in [6.45, 7) is 4.34. The minimum absolute atomic E-state index is 0.185. The van der Waals surface area contributed by atoms with E-state index >= 15 is 0 Å². The first-order valence-corrected chi connectivity index (χ1v) is 8.25. The van der Waals surface area contributed by atoms with E-state index in [4.69, 9.17) is 5.41 Å². The minimum Gasteiger partial charge on any atom is -0.509 e. The highest BCUT2D eigenvalue weighted by molar-refractivity contribution is 6.30. The molecule has 2 heterocycles. The Labute approximate surface area is 146 Å². The van der Waals surface area contributed by atoms with Gasteiger partial charge in [-0.05, 0) is 43.2 Å². The molecule has 5 nitrogen and oxygen atoms in total. The Morgan fingerprint density at radius 1 is 1.12 bits per heavy atom. The van der Waals surface area contributed by atoms with Crippen LogP contribution in [0.5, 0.6) is 0 Å². The van der Waals surface area contributed by atoms with Gasteiger partial charge in [-0.1, -0.05) is 24.3 Å². The number of anilines is 1. The highest BCUT2D eigenvalue weighted by Crippen LogP contribution is 2.33. The maximum atomic E-state index is 10.6. The van der Waals surface area contributed by atoms with Crippen LogP contribution in [0.1, 0.15) is 17.0 Å². The SMILES string of the molecule is Cc1ccc(C)c(N2CC(O)=C(c3nc4ccccc4n3C)C2=N)c1. The fraction of sp³-hybridized carbons (Fsp3) is 0.200. The number of amidine groups is 1. The predicted octanol–water partition coefficient (Wildman–Crippen LogP) is 3.96. The summed E-state index contributed by atoms with van der Waals surface area (Å²) in [5.41, 5.74) is 5.50. The Bertz CT molecular complexity index is 1050. The zero-order chi connectivity index (χ0) is 17.7. The Hall–Kier alpha value is -3.08. The van der Waals surface area contributed by atoms with Crippen molar-refractivity contribution >= 4 is 28.1 Å². The lowest BCUT2D eigenvalue weighted by Crippen LogP contribution is -2.27. The Balaban J connectivity index is 1.81. The number of nitrogens with one attached hydrogen (secondary N) is 1. The van der Waals surface area contributed by atoms with Crippen LogP contribution in [0, 0.1) is 19.3 Å². The molecule has 0 unspecified atom stereocenters. The summed E-state index contributed by atoms with van der Waals surface area (Å²) >= 11 is 0. The molecule has 0 radical (unpaired) electrons. The first-order valence-electron chi connectivity index (χ1n) is 8.25. The monoisotopic (exact) mass is 332 g/mol. The number of benzene rings is 2. The first-order chi connectivity index (χ1) is 12.0. The molecule has 0 amide bonds. The molecular formula is C20H20N4O. The standard InChI is InChI=1S/C20H20N4O/c1-12-8-9-13(2)16(10-12)24-11-17(25)18(19(24)21)20-22-14-6-4-5-7-15(14)23(20)3/h4-10,21,25H,11H2,1-3H3. The lowest BCUT2D eigenvalue weighted by Gasteiger charge is -2.21. The number of fused-ring (bicyclic) bond motifs is 1. The largest absolute Gasteiger partial charge is 0.509 e. The molecule has 0 saturated carbocycles. The van der Waals surface area contributed by atoms with E-state index in [-0.39, 0.29) is 11.6 Å². The lowest BCUT2D eigenvalue weighted by molar-refractivity contribution is 0.411. The highest BCUT2D eigenvalue weighted by atomic mass is 16.3. The zero-order valence-electron chi connectivity index (χ0n) is 14.5. The van der Waals surface area contributed by atoms with Crippen molar-refractivity contribution < 1.29 is 5.11 Å². The molecule has 5 heteroatoms. The Kier molecular flexibility index (Phi) is 3.39. The molecule has 0 bridgehead atoms. The van der Waals surface area contributed by atoms with Gasteiger partial charge in [-0.3, -0.25) is 5.41 Å². The van der Waals surface area contributed by atoms with Gasteiger partial charge in [-0.25, -0.2) is 4.98 Å². The van der Waals surface area contributed by atoms with Gasteiger partial charge in [0.2, 0.25) is 0 Å². The fourth-order valence-electron chi connectivity index (χ4n) is 3.40. The Morgan fingerprint density at radius 2 is 1.88 bits per heavy atom. The number of aromatic nitrogens is 2. The molecule has 25 heavy (non-hydrogen) atoms. The zero-order valence-corrected chi connectivity index (χ0v) is 14.5. The Morgan fingerprint density at radius 3 is 2.64 bits per heavy atom. The molecule has 126 valence electrons. The number of aliphatic hydroxyl groups excluding tert-OH is 1. The van der Waals surface area contributed by atoms with Crippen molar-refractivity contribution in [2.75, 3.05) is 11.4 Å². The predicted molar refractivity (Wildman–Crippen MR) is 101 cm³/mol. The van der Waals surface area contributed by atoms with Gasteiger partial charge in [0.15, 0.2) is 0 Å². The number of aliphatic hydroxyl groups is 1. The van der Waals surface area contributed by atoms with Crippen molar-refractivity contribution in [3.63, 3.8) is 0 Å². The van der Waals surface area contributed by atoms with E-state index in [1.165, 1.54) is 0 Å². The second kappa shape index (κ2) is 5.48. The normalized spacial score (nSPS) is 14.8. The molecule has 2 aromatic carbocycles. The average molecular weight is 332 g/mol. The lowest BCUT2D eigenvalue weighted by atomic mass is 10.1. The smallest absolute Gasteiger partial charge is 0.148 e. The van der Waals surface area contributed by atoms with Crippen molar-refractivity contribution in [2.45, 2.75) is 13.8 Å². The first kappa shape index (κ1) is 15.4. The van der Waals surface area contributed by atoms with Gasteiger partial charge in [0, 0.05) is 12.7 Å². The van der Waals surface area contributed by atoms with Crippen LogP contribution in [-0.4, -0.2) is 27.0 Å². The van der Waals surface area contributed by atoms with Gasteiger partial charge in [0.05, 0.1) is 23.2 Å². The van der Waals surface area contributed by atoms with Crippen LogP contribution in [0.2, 0.25) is 0 Å². The molecule has 4 rings (SSSR count). The second-order valence-electron chi connectivity index (χ2n) is 6.53. The van der Waals surface area contributed by atoms with Crippen LogP contribution in [-0.2, 0) is 7.05 Å². The van der Waals surface area contributed by atoms with E-state index in [9.17, 15) is 5.11 Å². The fourth-order valence-corrected chi connectivity index (χ4v) is 3.40. The van der Waals surface area contributed by atoms with Crippen LogP contribution in [0.4, 0.5) is 5.69 Å². The van der Waals surface area contributed by atoms with E-state index in [1.807, 2.05) is 60.7 Å². The summed E-state index contributed by atoms with van der Waals surface area (Å²) < 4.78 is 1.93. The summed E-state index contributed by atoms with van der Waals surface area (Å²) in [7, 11) is 1.92. The van der Waals surface area contributed by atoms with Gasteiger partial charge in [0.25, 0.3) is 0 Å². The molecule has 0 aliphatic carbocycles. The van der Waals surface area contributed by atoms with E-state index in [1.54, 1.807) is 0 Å². The van der Waals surface area contributed by atoms with Gasteiger partial charge in [-0.2, -0.15) is 0 Å². The maximum Gasteiger partial charge on any atom is 0.148 e. The van der Waals surface area contributed by atoms with Crippen molar-refractivity contribution in [3.05, 3.63) is 65.2 Å². The average Bonchev–Trinajstić information content (AvgIpc) is 3.07. The van der Waals surface area contributed by atoms with Crippen molar-refractivity contribution in [1.82, 2.24) is 9.55 Å². The quantitative estimate of drug-likeness (QED) is 0.746. The van der Waals surface area contributed by atoms with Crippen LogP contribution in [0.15, 0.2) is 48.2 Å². The number of hydrogen-bond acceptors (Lipinski definition) is 3. The third kappa shape index (κ3) is 2.31. The van der Waals surface area contributed by atoms with Crippen molar-refractivity contribution in [3.8, 4) is 0 Å². The molecule has 1 aromatic heterocycles. The molecule has 0 spiro atoms. The van der Waals surface area contributed by atoms with Gasteiger partial charge >= 0.3 is 0 Å². The van der Waals surface area contributed by atoms with Crippen molar-refractivity contribution in [2.24, 2.45) is 7.05 Å². The molecule has 1 aliphatic heterocycles. The second-order valence-corrected chi connectivity index (χ2v) is 6.53. The van der Waals surface area contributed by atoms with Crippen LogP contribution >= 0.6 is 0 Å². The van der Waals surface area contributed by atoms with Crippen molar-refractivity contribution in [1.29, 1.82) is 5.41 Å². The summed E-state index contributed by atoms with van der Waals surface area (Å²) in [5, 5.41) is 19.3. The molecule has 0 fully saturated rings. The number of para-hydroxylation sites is 2. The maximum absolute atomic E-state index is 10.6. The van der Waals surface area contributed by atoms with Gasteiger partial charge in [-0.15, -0.1) is 0 Å². The number of hydrogen-bond donors (Lipinski definition) is 2. The van der Waals surface area contributed by atoms with E-state index < -0.39 is 0 Å². The highest BCUT2D eigenvalue weighted by Gasteiger charge is 2.32. The minimum atomic E-state index is 0.185. The van der Waals surface area contributed by atoms with Crippen LogP contribution < -0.4 is 4.90 Å². The molecular weight excluding hydrogens is 312 g/mol. The number of aryl methyl sites for hydroxylation is 3. The van der Waals surface area contributed by atoms with E-state index in [0.29, 0.717) is 17.9 Å². The summed E-state index contributed by atoms with van der Waals surface area (Å²) in [4.78, 5) is 6.48. The van der Waals surface area contributed by atoms with Crippen LogP contribution in [0.25, 0.3) is 16.6 Å².